The second-order valence-corrected chi connectivity index (χ2v) is 29.0. The van der Waals surface area contributed by atoms with E-state index in [1.165, 1.54) is 180 Å². The quantitative estimate of drug-likeness (QED) is 0.0222. The lowest BCUT2D eigenvalue weighted by Crippen LogP contribution is -2.30. The fraction of sp³-hybridized carbons (Fsp3) is 0.944. The summed E-state index contributed by atoms with van der Waals surface area (Å²) in [6.07, 6.45) is 48.5. The normalized spacial score (nSPS) is 14.7. The standard InChI is InChI=1S/C71H138O17P2/c1-7-11-13-15-17-19-20-21-22-23-24-25-26-28-37-43-49-55-70(75)87-66(60-82-69(74)54-48-42-36-31-29-33-39-45-51-63(5)9-3)61-85-89(77,78)83-57-65(72)58-84-90(79,80)86-62-67(59-81-68(73)53-47-41-35-27-18-16-14-12-8-2)88-71(76)56-50-44-38-32-30-34-40-46-52-64(6)10-4/h63-67,72H,7-62H2,1-6H3,(H,77,78)(H,79,80)/t63?,64?,65-,66-,67-/m1/s1. The number of carbonyl (C=O) groups excluding carboxylic acids is 4. The van der Waals surface area contributed by atoms with E-state index in [0.29, 0.717) is 25.7 Å². The third kappa shape index (κ3) is 62.2. The molecule has 0 bridgehead atoms. The van der Waals surface area contributed by atoms with E-state index in [2.05, 4.69) is 41.5 Å². The lowest BCUT2D eigenvalue weighted by molar-refractivity contribution is -0.161. The molecule has 4 unspecified atom stereocenters. The van der Waals surface area contributed by atoms with Crippen molar-refractivity contribution < 1.29 is 80.2 Å². The molecule has 3 N–H and O–H groups in total. The summed E-state index contributed by atoms with van der Waals surface area (Å²) >= 11 is 0. The minimum absolute atomic E-state index is 0.105. The summed E-state index contributed by atoms with van der Waals surface area (Å²) in [5.74, 6) is -0.577. The molecule has 0 aromatic heterocycles. The van der Waals surface area contributed by atoms with E-state index in [0.717, 1.165) is 102 Å². The van der Waals surface area contributed by atoms with Crippen LogP contribution in [-0.2, 0) is 65.4 Å². The monoisotopic (exact) mass is 1320 g/mol. The number of unbranched alkanes of at least 4 members (excludes halogenated alkanes) is 38. The van der Waals surface area contributed by atoms with Gasteiger partial charge in [0.05, 0.1) is 26.4 Å². The number of esters is 4. The molecule has 0 fully saturated rings. The largest absolute Gasteiger partial charge is 0.472 e. The zero-order valence-corrected chi connectivity index (χ0v) is 60.2. The smallest absolute Gasteiger partial charge is 0.462 e. The number of phosphoric acid groups is 2. The number of rotatable bonds is 70. The Balaban J connectivity index is 5.24. The summed E-state index contributed by atoms with van der Waals surface area (Å²) in [7, 11) is -9.90. The molecule has 0 aromatic rings. The number of aliphatic hydroxyl groups excluding tert-OH is 1. The summed E-state index contributed by atoms with van der Waals surface area (Å²) in [6, 6.07) is 0. The van der Waals surface area contributed by atoms with Crippen molar-refractivity contribution in [2.24, 2.45) is 11.8 Å². The molecule has 0 saturated carbocycles. The van der Waals surface area contributed by atoms with Crippen LogP contribution < -0.4 is 0 Å². The molecule has 0 saturated heterocycles. The molecule has 0 spiro atoms. The number of ether oxygens (including phenoxy) is 4. The topological polar surface area (TPSA) is 237 Å². The number of hydrogen-bond acceptors (Lipinski definition) is 15. The average molecular weight is 1330 g/mol. The van der Waals surface area contributed by atoms with Crippen LogP contribution in [0.2, 0.25) is 0 Å². The Morgan fingerprint density at radius 3 is 0.789 bits per heavy atom. The maximum absolute atomic E-state index is 13.0. The third-order valence-electron chi connectivity index (χ3n) is 17.2. The van der Waals surface area contributed by atoms with Crippen LogP contribution in [0.4, 0.5) is 0 Å². The molecule has 90 heavy (non-hydrogen) atoms. The van der Waals surface area contributed by atoms with E-state index < -0.39 is 97.5 Å². The molecule has 534 valence electrons. The molecule has 0 aliphatic rings. The van der Waals surface area contributed by atoms with Crippen molar-refractivity contribution >= 4 is 39.5 Å². The van der Waals surface area contributed by atoms with Crippen molar-refractivity contribution in [3.05, 3.63) is 0 Å². The van der Waals surface area contributed by atoms with E-state index in [9.17, 15) is 43.2 Å². The summed E-state index contributed by atoms with van der Waals surface area (Å²) in [6.45, 7) is 9.54. The van der Waals surface area contributed by atoms with Gasteiger partial charge in [0.2, 0.25) is 0 Å². The number of aliphatic hydroxyl groups is 1. The summed E-state index contributed by atoms with van der Waals surface area (Å²) in [5.41, 5.74) is 0. The van der Waals surface area contributed by atoms with Crippen molar-refractivity contribution in [2.45, 2.75) is 381 Å². The third-order valence-corrected chi connectivity index (χ3v) is 19.1. The lowest BCUT2D eigenvalue weighted by Gasteiger charge is -2.21. The molecule has 7 atom stereocenters. The average Bonchev–Trinajstić information content (AvgIpc) is 3.25. The SMILES string of the molecule is CCCCCCCCCCCCCCCCCCCC(=O)O[C@H](COC(=O)CCCCCCCCCCC(C)CC)COP(=O)(O)OC[C@@H](O)COP(=O)(O)OC[C@@H](COC(=O)CCCCCCCCCCC)OC(=O)CCCCCCCCCCC(C)CC. The molecular weight excluding hydrogens is 1190 g/mol. The van der Waals surface area contributed by atoms with Gasteiger partial charge in [-0.25, -0.2) is 9.13 Å². The highest BCUT2D eigenvalue weighted by molar-refractivity contribution is 7.47. The summed E-state index contributed by atoms with van der Waals surface area (Å²) < 4.78 is 68.3. The minimum Gasteiger partial charge on any atom is -0.462 e. The van der Waals surface area contributed by atoms with Gasteiger partial charge in [-0.05, 0) is 37.5 Å². The molecule has 0 amide bonds. The summed E-state index contributed by atoms with van der Waals surface area (Å²) in [4.78, 5) is 72.5. The van der Waals surface area contributed by atoms with Crippen molar-refractivity contribution in [1.82, 2.24) is 0 Å². The molecule has 0 rings (SSSR count). The first-order chi connectivity index (χ1) is 43.4. The van der Waals surface area contributed by atoms with Crippen LogP contribution in [-0.4, -0.2) is 96.7 Å². The molecule has 0 radical (unpaired) electrons. The second-order valence-electron chi connectivity index (χ2n) is 26.1. The minimum atomic E-state index is -4.95. The molecule has 0 aliphatic heterocycles. The van der Waals surface area contributed by atoms with Crippen LogP contribution in [0, 0.1) is 11.8 Å². The number of phosphoric ester groups is 2. The predicted octanol–water partition coefficient (Wildman–Crippen LogP) is 20.4. The van der Waals surface area contributed by atoms with Gasteiger partial charge in [0.15, 0.2) is 12.2 Å². The van der Waals surface area contributed by atoms with Gasteiger partial charge in [-0.3, -0.25) is 37.3 Å². The molecular formula is C71H138O17P2. The first-order valence-electron chi connectivity index (χ1n) is 37.1. The van der Waals surface area contributed by atoms with Crippen molar-refractivity contribution in [2.75, 3.05) is 39.6 Å². The first-order valence-corrected chi connectivity index (χ1v) is 40.1. The maximum Gasteiger partial charge on any atom is 0.472 e. The maximum atomic E-state index is 13.0. The highest BCUT2D eigenvalue weighted by atomic mass is 31.2. The number of hydrogen-bond donors (Lipinski definition) is 3. The van der Waals surface area contributed by atoms with E-state index in [4.69, 9.17) is 37.0 Å². The molecule has 0 aliphatic carbocycles. The molecule has 17 nitrogen and oxygen atoms in total. The van der Waals surface area contributed by atoms with Gasteiger partial charge in [-0.1, -0.05) is 311 Å². The fourth-order valence-electron chi connectivity index (χ4n) is 10.7. The van der Waals surface area contributed by atoms with E-state index in [1.54, 1.807) is 0 Å². The van der Waals surface area contributed by atoms with Crippen molar-refractivity contribution in [1.29, 1.82) is 0 Å². The van der Waals surface area contributed by atoms with Gasteiger partial charge in [0.1, 0.15) is 19.3 Å². The zero-order valence-electron chi connectivity index (χ0n) is 58.4. The Bertz CT molecular complexity index is 1760. The van der Waals surface area contributed by atoms with Gasteiger partial charge in [0.25, 0.3) is 0 Å². The zero-order chi connectivity index (χ0) is 66.5. The van der Waals surface area contributed by atoms with Crippen LogP contribution in [0.25, 0.3) is 0 Å². The van der Waals surface area contributed by atoms with Crippen LogP contribution >= 0.6 is 15.6 Å². The van der Waals surface area contributed by atoms with E-state index in [-0.39, 0.29) is 25.7 Å². The van der Waals surface area contributed by atoms with Gasteiger partial charge in [-0.15, -0.1) is 0 Å². The predicted molar refractivity (Wildman–Crippen MR) is 363 cm³/mol. The van der Waals surface area contributed by atoms with Crippen molar-refractivity contribution in [3.63, 3.8) is 0 Å². The highest BCUT2D eigenvalue weighted by Gasteiger charge is 2.30. The Hall–Kier alpha value is -1.94. The highest BCUT2D eigenvalue weighted by Crippen LogP contribution is 2.45. The van der Waals surface area contributed by atoms with Gasteiger partial charge in [0, 0.05) is 25.7 Å². The summed E-state index contributed by atoms with van der Waals surface area (Å²) in [5, 5.41) is 10.6. The molecule has 0 heterocycles. The van der Waals surface area contributed by atoms with Crippen molar-refractivity contribution in [3.8, 4) is 0 Å². The van der Waals surface area contributed by atoms with Gasteiger partial charge >= 0.3 is 39.5 Å². The molecule has 0 aromatic carbocycles. The van der Waals surface area contributed by atoms with Crippen LogP contribution in [0.1, 0.15) is 363 Å². The van der Waals surface area contributed by atoms with Crippen LogP contribution in [0.5, 0.6) is 0 Å². The van der Waals surface area contributed by atoms with E-state index in [1.807, 2.05) is 0 Å². The van der Waals surface area contributed by atoms with Crippen LogP contribution in [0.3, 0.4) is 0 Å². The number of carbonyl (C=O) groups is 4. The fourth-order valence-corrected chi connectivity index (χ4v) is 12.3. The van der Waals surface area contributed by atoms with Gasteiger partial charge < -0.3 is 33.8 Å². The Kier molecular flexibility index (Phi) is 61.8. The van der Waals surface area contributed by atoms with E-state index >= 15 is 0 Å². The Morgan fingerprint density at radius 2 is 0.533 bits per heavy atom. The Morgan fingerprint density at radius 1 is 0.311 bits per heavy atom. The first kappa shape index (κ1) is 88.1. The van der Waals surface area contributed by atoms with Crippen LogP contribution in [0.15, 0.2) is 0 Å². The van der Waals surface area contributed by atoms with Gasteiger partial charge in [-0.2, -0.15) is 0 Å². The lowest BCUT2D eigenvalue weighted by atomic mass is 9.99. The second kappa shape index (κ2) is 63.1. The molecule has 19 heteroatoms. The Labute approximate surface area is 549 Å².